The fourth-order valence-corrected chi connectivity index (χ4v) is 1.67. The molecule has 0 aromatic rings. The number of amides is 1. The maximum absolute atomic E-state index is 11.5. The lowest BCUT2D eigenvalue weighted by atomic mass is 9.99. The molecule has 5 heteroatoms. The van der Waals surface area contributed by atoms with Crippen LogP contribution >= 0.6 is 0 Å². The zero-order chi connectivity index (χ0) is 11.1. The van der Waals surface area contributed by atoms with Crippen molar-refractivity contribution < 1.29 is 14.7 Å². The van der Waals surface area contributed by atoms with Crippen LogP contribution in [-0.4, -0.2) is 36.6 Å². The Balaban J connectivity index is 2.09. The fourth-order valence-electron chi connectivity index (χ4n) is 1.67. The molecule has 3 N–H and O–H groups in total. The second kappa shape index (κ2) is 6.40. The summed E-state index contributed by atoms with van der Waals surface area (Å²) in [5.74, 6) is -0.709. The van der Waals surface area contributed by atoms with Crippen LogP contribution in [0.15, 0.2) is 0 Å². The Morgan fingerprint density at radius 2 is 2.27 bits per heavy atom. The van der Waals surface area contributed by atoms with Crippen molar-refractivity contribution in [3.05, 3.63) is 0 Å². The molecule has 1 saturated heterocycles. The molecule has 1 aliphatic rings. The van der Waals surface area contributed by atoms with Crippen LogP contribution < -0.4 is 10.6 Å². The van der Waals surface area contributed by atoms with Gasteiger partial charge >= 0.3 is 5.97 Å². The number of hydrogen-bond acceptors (Lipinski definition) is 3. The second-order valence-corrected chi connectivity index (χ2v) is 3.83. The van der Waals surface area contributed by atoms with E-state index < -0.39 is 5.97 Å². The number of carboxylic acid groups (broad SMARTS) is 1. The van der Waals surface area contributed by atoms with Crippen molar-refractivity contribution in [2.24, 2.45) is 5.92 Å². The Bertz CT molecular complexity index is 225. The Hall–Kier alpha value is -1.10. The van der Waals surface area contributed by atoms with Gasteiger partial charge in [-0.1, -0.05) is 0 Å². The molecule has 1 rings (SSSR count). The van der Waals surface area contributed by atoms with Gasteiger partial charge in [-0.25, -0.2) is 0 Å². The van der Waals surface area contributed by atoms with Gasteiger partial charge in [0.05, 0.1) is 5.92 Å². The summed E-state index contributed by atoms with van der Waals surface area (Å²) in [6, 6.07) is 0. The Labute approximate surface area is 89.2 Å². The minimum atomic E-state index is -0.816. The first kappa shape index (κ1) is 12.0. The van der Waals surface area contributed by atoms with Crippen molar-refractivity contribution in [1.82, 2.24) is 10.6 Å². The predicted octanol–water partition coefficient (Wildman–Crippen LogP) is -0.0330. The first-order chi connectivity index (χ1) is 7.20. The van der Waals surface area contributed by atoms with Crippen LogP contribution in [0.4, 0.5) is 0 Å². The molecule has 1 heterocycles. The minimum absolute atomic E-state index is 0.0487. The lowest BCUT2D eigenvalue weighted by molar-refractivity contribution is -0.137. The van der Waals surface area contributed by atoms with E-state index in [1.807, 2.05) is 0 Å². The van der Waals surface area contributed by atoms with Gasteiger partial charge in [0.25, 0.3) is 0 Å². The summed E-state index contributed by atoms with van der Waals surface area (Å²) in [5.41, 5.74) is 0. The molecule has 1 atom stereocenters. The number of aliphatic carboxylic acids is 1. The normalized spacial score (nSPS) is 20.9. The van der Waals surface area contributed by atoms with E-state index >= 15 is 0 Å². The summed E-state index contributed by atoms with van der Waals surface area (Å²) in [4.78, 5) is 21.8. The molecule has 0 unspecified atom stereocenters. The van der Waals surface area contributed by atoms with Crippen molar-refractivity contribution in [2.45, 2.75) is 25.7 Å². The average Bonchev–Trinajstić information content (AvgIpc) is 2.25. The third-order valence-electron chi connectivity index (χ3n) is 2.53. The third kappa shape index (κ3) is 4.78. The maximum atomic E-state index is 11.5. The van der Waals surface area contributed by atoms with Gasteiger partial charge in [-0.05, 0) is 25.8 Å². The Morgan fingerprint density at radius 1 is 1.47 bits per heavy atom. The number of carboxylic acids is 1. The molecular formula is C10H18N2O3. The highest BCUT2D eigenvalue weighted by Crippen LogP contribution is 2.09. The first-order valence-corrected chi connectivity index (χ1v) is 5.40. The van der Waals surface area contributed by atoms with Crippen molar-refractivity contribution in [1.29, 1.82) is 0 Å². The van der Waals surface area contributed by atoms with Crippen LogP contribution in [0.1, 0.15) is 25.7 Å². The molecule has 0 aromatic carbocycles. The molecule has 1 fully saturated rings. The summed E-state index contributed by atoms with van der Waals surface area (Å²) < 4.78 is 0. The number of rotatable bonds is 5. The monoisotopic (exact) mass is 214 g/mol. The van der Waals surface area contributed by atoms with Gasteiger partial charge in [0, 0.05) is 19.5 Å². The summed E-state index contributed by atoms with van der Waals surface area (Å²) >= 11 is 0. The highest BCUT2D eigenvalue weighted by atomic mass is 16.4. The highest BCUT2D eigenvalue weighted by molar-refractivity contribution is 5.79. The van der Waals surface area contributed by atoms with E-state index in [0.717, 1.165) is 25.9 Å². The molecule has 1 aliphatic heterocycles. The van der Waals surface area contributed by atoms with Gasteiger partial charge in [-0.3, -0.25) is 9.59 Å². The Morgan fingerprint density at radius 3 is 2.87 bits per heavy atom. The van der Waals surface area contributed by atoms with Crippen LogP contribution in [0.25, 0.3) is 0 Å². The third-order valence-corrected chi connectivity index (χ3v) is 2.53. The van der Waals surface area contributed by atoms with E-state index in [1.54, 1.807) is 0 Å². The van der Waals surface area contributed by atoms with Gasteiger partial charge in [0.1, 0.15) is 0 Å². The molecule has 86 valence electrons. The number of carbonyl (C=O) groups is 2. The lowest BCUT2D eigenvalue weighted by Gasteiger charge is -2.21. The SMILES string of the molecule is O=C(O)CCCNC(=O)[C@@H]1CCCNC1. The second-order valence-electron chi connectivity index (χ2n) is 3.83. The van der Waals surface area contributed by atoms with Crippen LogP contribution in [0.3, 0.4) is 0 Å². The predicted molar refractivity (Wildman–Crippen MR) is 55.5 cm³/mol. The van der Waals surface area contributed by atoms with Gasteiger partial charge in [-0.2, -0.15) is 0 Å². The van der Waals surface area contributed by atoms with Gasteiger partial charge in [0.15, 0.2) is 0 Å². The van der Waals surface area contributed by atoms with E-state index in [9.17, 15) is 9.59 Å². The van der Waals surface area contributed by atoms with Crippen molar-refractivity contribution >= 4 is 11.9 Å². The summed E-state index contributed by atoms with van der Waals surface area (Å²) in [6.45, 7) is 2.19. The molecule has 0 spiro atoms. The molecule has 0 aromatic heterocycles. The molecule has 5 nitrogen and oxygen atoms in total. The molecule has 0 aliphatic carbocycles. The standard InChI is InChI=1S/C10H18N2O3/c13-9(14)4-2-6-12-10(15)8-3-1-5-11-7-8/h8,11H,1-7H2,(H,12,15)(H,13,14)/t8-/m1/s1. The van der Waals surface area contributed by atoms with E-state index in [1.165, 1.54) is 0 Å². The number of hydrogen-bond donors (Lipinski definition) is 3. The maximum Gasteiger partial charge on any atom is 0.303 e. The van der Waals surface area contributed by atoms with E-state index in [-0.39, 0.29) is 18.2 Å². The molecule has 1 amide bonds. The van der Waals surface area contributed by atoms with Crippen LogP contribution in [-0.2, 0) is 9.59 Å². The minimum Gasteiger partial charge on any atom is -0.481 e. The van der Waals surface area contributed by atoms with E-state index in [0.29, 0.717) is 13.0 Å². The summed E-state index contributed by atoms with van der Waals surface area (Å²) in [7, 11) is 0. The summed E-state index contributed by atoms with van der Waals surface area (Å²) in [5, 5.41) is 14.3. The first-order valence-electron chi connectivity index (χ1n) is 5.40. The quantitative estimate of drug-likeness (QED) is 0.561. The van der Waals surface area contributed by atoms with Crippen LogP contribution in [0.5, 0.6) is 0 Å². The average molecular weight is 214 g/mol. The van der Waals surface area contributed by atoms with E-state index in [2.05, 4.69) is 10.6 Å². The highest BCUT2D eigenvalue weighted by Gasteiger charge is 2.19. The molecule has 0 saturated carbocycles. The zero-order valence-electron chi connectivity index (χ0n) is 8.79. The molecular weight excluding hydrogens is 196 g/mol. The topological polar surface area (TPSA) is 78.4 Å². The van der Waals surface area contributed by atoms with Gasteiger partial charge in [0.2, 0.25) is 5.91 Å². The number of carbonyl (C=O) groups excluding carboxylic acids is 1. The summed E-state index contributed by atoms with van der Waals surface area (Å²) in [6.07, 6.45) is 2.58. The van der Waals surface area contributed by atoms with Crippen molar-refractivity contribution in [3.63, 3.8) is 0 Å². The number of piperidine rings is 1. The smallest absolute Gasteiger partial charge is 0.303 e. The van der Waals surface area contributed by atoms with Crippen LogP contribution in [0.2, 0.25) is 0 Å². The molecule has 0 bridgehead atoms. The van der Waals surface area contributed by atoms with Crippen molar-refractivity contribution in [3.8, 4) is 0 Å². The van der Waals surface area contributed by atoms with Gasteiger partial charge in [-0.15, -0.1) is 0 Å². The Kier molecular flexibility index (Phi) is 5.10. The van der Waals surface area contributed by atoms with Gasteiger partial charge < -0.3 is 15.7 Å². The number of nitrogens with one attached hydrogen (secondary N) is 2. The zero-order valence-corrected chi connectivity index (χ0v) is 8.79. The lowest BCUT2D eigenvalue weighted by Crippen LogP contribution is -2.40. The fraction of sp³-hybridized carbons (Fsp3) is 0.800. The van der Waals surface area contributed by atoms with Crippen molar-refractivity contribution in [2.75, 3.05) is 19.6 Å². The van der Waals surface area contributed by atoms with Crippen LogP contribution in [0, 0.1) is 5.92 Å². The van der Waals surface area contributed by atoms with E-state index in [4.69, 9.17) is 5.11 Å². The molecule has 0 radical (unpaired) electrons. The molecule has 15 heavy (non-hydrogen) atoms. The largest absolute Gasteiger partial charge is 0.481 e.